The number of ketones is 1. The lowest BCUT2D eigenvalue weighted by atomic mass is 10.1. The molecular weight excluding hydrogens is 304 g/mol. The van der Waals surface area contributed by atoms with E-state index in [-0.39, 0.29) is 5.78 Å². The van der Waals surface area contributed by atoms with Crippen molar-refractivity contribution in [1.82, 2.24) is 5.32 Å². The summed E-state index contributed by atoms with van der Waals surface area (Å²) >= 11 is 0. The Bertz CT molecular complexity index is 596. The van der Waals surface area contributed by atoms with E-state index in [1.54, 1.807) is 36.5 Å². The highest BCUT2D eigenvalue weighted by atomic mass is 16.6. The summed E-state index contributed by atoms with van der Waals surface area (Å²) in [5.41, 5.74) is 5.33. The van der Waals surface area contributed by atoms with Gasteiger partial charge >= 0.3 is 12.0 Å². The molecule has 1 aromatic carbocycles. The van der Waals surface area contributed by atoms with Crippen molar-refractivity contribution in [2.75, 3.05) is 6.61 Å². The Morgan fingerprint density at radius 3 is 2.30 bits per heavy atom. The molecular formula is C15H18N2O6. The van der Waals surface area contributed by atoms with Gasteiger partial charge in [-0.2, -0.15) is 0 Å². The van der Waals surface area contributed by atoms with Gasteiger partial charge in [-0.25, -0.2) is 9.59 Å². The van der Waals surface area contributed by atoms with Crippen LogP contribution < -0.4 is 15.8 Å². The first-order chi connectivity index (χ1) is 10.8. The lowest BCUT2D eigenvalue weighted by Crippen LogP contribution is -2.42. The van der Waals surface area contributed by atoms with Gasteiger partial charge in [0.2, 0.25) is 0 Å². The van der Waals surface area contributed by atoms with Crippen molar-refractivity contribution in [3.05, 3.63) is 29.8 Å². The van der Waals surface area contributed by atoms with Crippen LogP contribution in [0.5, 0.6) is 5.75 Å². The Morgan fingerprint density at radius 1 is 1.17 bits per heavy atom. The van der Waals surface area contributed by atoms with Crippen molar-refractivity contribution < 1.29 is 28.7 Å². The summed E-state index contributed by atoms with van der Waals surface area (Å²) in [5.74, 6) is -1.23. The average molecular weight is 322 g/mol. The van der Waals surface area contributed by atoms with E-state index in [4.69, 9.17) is 15.2 Å². The van der Waals surface area contributed by atoms with Crippen LogP contribution in [-0.4, -0.2) is 36.4 Å². The van der Waals surface area contributed by atoms with Gasteiger partial charge in [-0.15, -0.1) is 0 Å². The van der Waals surface area contributed by atoms with Gasteiger partial charge in [-0.1, -0.05) is 6.92 Å². The molecule has 0 bridgehead atoms. The number of esters is 1. The number of primary amides is 1. The molecule has 0 aliphatic carbocycles. The molecule has 0 aromatic heterocycles. The quantitative estimate of drug-likeness (QED) is 0.564. The first-order valence-corrected chi connectivity index (χ1v) is 6.89. The number of hydrogen-bond donors (Lipinski definition) is 2. The Balaban J connectivity index is 2.45. The predicted octanol–water partition coefficient (Wildman–Crippen LogP) is 0.785. The standard InChI is InChI=1S/C15H18N2O6/c1-3-12(18)10-4-6-11(7-5-10)22-8-13(19)23-9(2)14(20)17-15(16)21/h4-7,9H,3,8H2,1-2H3,(H3,16,17,20,21)/t9-/m0/s1. The third-order valence-corrected chi connectivity index (χ3v) is 2.78. The van der Waals surface area contributed by atoms with Crippen LogP contribution in [0, 0.1) is 0 Å². The summed E-state index contributed by atoms with van der Waals surface area (Å²) in [6.45, 7) is 2.63. The molecule has 3 N–H and O–H groups in total. The van der Waals surface area contributed by atoms with Gasteiger partial charge in [0.25, 0.3) is 5.91 Å². The molecule has 1 aromatic rings. The zero-order valence-corrected chi connectivity index (χ0v) is 12.8. The van der Waals surface area contributed by atoms with E-state index >= 15 is 0 Å². The van der Waals surface area contributed by atoms with Gasteiger partial charge in [0, 0.05) is 12.0 Å². The molecule has 0 aliphatic heterocycles. The molecule has 0 heterocycles. The van der Waals surface area contributed by atoms with Crippen molar-refractivity contribution in [3.63, 3.8) is 0 Å². The van der Waals surface area contributed by atoms with Gasteiger partial charge in [-0.05, 0) is 31.2 Å². The molecule has 23 heavy (non-hydrogen) atoms. The normalized spacial score (nSPS) is 11.2. The van der Waals surface area contributed by atoms with E-state index in [0.717, 1.165) is 0 Å². The maximum Gasteiger partial charge on any atom is 0.344 e. The molecule has 0 fully saturated rings. The summed E-state index contributed by atoms with van der Waals surface area (Å²) in [6, 6.07) is 5.26. The van der Waals surface area contributed by atoms with Gasteiger partial charge in [0.1, 0.15) is 5.75 Å². The molecule has 1 rings (SSSR count). The third kappa shape index (κ3) is 6.16. The summed E-state index contributed by atoms with van der Waals surface area (Å²) in [5, 5.41) is 1.79. The largest absolute Gasteiger partial charge is 0.482 e. The minimum Gasteiger partial charge on any atom is -0.482 e. The smallest absolute Gasteiger partial charge is 0.344 e. The maximum absolute atomic E-state index is 11.5. The van der Waals surface area contributed by atoms with E-state index in [1.807, 2.05) is 0 Å². The Morgan fingerprint density at radius 2 is 1.78 bits per heavy atom. The molecule has 0 saturated carbocycles. The monoisotopic (exact) mass is 322 g/mol. The number of rotatable bonds is 7. The molecule has 0 radical (unpaired) electrons. The van der Waals surface area contributed by atoms with Crippen LogP contribution in [0.15, 0.2) is 24.3 Å². The number of carbonyl (C=O) groups is 4. The summed E-state index contributed by atoms with van der Waals surface area (Å²) < 4.78 is 9.96. The fourth-order valence-electron chi connectivity index (χ4n) is 1.59. The number of amides is 3. The average Bonchev–Trinajstić information content (AvgIpc) is 2.52. The Kier molecular flexibility index (Phi) is 6.72. The third-order valence-electron chi connectivity index (χ3n) is 2.78. The van der Waals surface area contributed by atoms with Crippen LogP contribution in [0.2, 0.25) is 0 Å². The fourth-order valence-corrected chi connectivity index (χ4v) is 1.59. The number of Topliss-reactive ketones (excluding diaryl/α,β-unsaturated/α-hetero) is 1. The van der Waals surface area contributed by atoms with Crippen molar-refractivity contribution in [2.45, 2.75) is 26.4 Å². The van der Waals surface area contributed by atoms with E-state index < -0.39 is 30.6 Å². The van der Waals surface area contributed by atoms with E-state index in [0.29, 0.717) is 17.7 Å². The molecule has 1 atom stereocenters. The van der Waals surface area contributed by atoms with E-state index in [2.05, 4.69) is 0 Å². The summed E-state index contributed by atoms with van der Waals surface area (Å²) in [6.07, 6.45) is -0.777. The van der Waals surface area contributed by atoms with E-state index in [1.165, 1.54) is 6.92 Å². The van der Waals surface area contributed by atoms with Gasteiger partial charge in [0.15, 0.2) is 18.5 Å². The highest BCUT2D eigenvalue weighted by Gasteiger charge is 2.19. The zero-order valence-electron chi connectivity index (χ0n) is 12.8. The molecule has 3 amide bonds. The number of imide groups is 1. The Labute approximate surface area is 132 Å². The van der Waals surface area contributed by atoms with Gasteiger partial charge < -0.3 is 15.2 Å². The van der Waals surface area contributed by atoms with Crippen LogP contribution in [0.4, 0.5) is 4.79 Å². The number of benzene rings is 1. The Hall–Kier alpha value is -2.90. The zero-order chi connectivity index (χ0) is 17.4. The first kappa shape index (κ1) is 18.1. The highest BCUT2D eigenvalue weighted by Crippen LogP contribution is 2.13. The second kappa shape index (κ2) is 8.52. The molecule has 0 unspecified atom stereocenters. The minimum atomic E-state index is -1.18. The molecule has 8 heteroatoms. The number of nitrogens with one attached hydrogen (secondary N) is 1. The summed E-state index contributed by atoms with van der Waals surface area (Å²) in [4.78, 5) is 44.8. The number of carbonyl (C=O) groups excluding carboxylic acids is 4. The highest BCUT2D eigenvalue weighted by molar-refractivity contribution is 5.96. The lowest BCUT2D eigenvalue weighted by Gasteiger charge is -2.12. The van der Waals surface area contributed by atoms with Gasteiger partial charge in [0.05, 0.1) is 0 Å². The van der Waals surface area contributed by atoms with Gasteiger partial charge in [-0.3, -0.25) is 14.9 Å². The molecule has 8 nitrogen and oxygen atoms in total. The second-order valence-electron chi connectivity index (χ2n) is 4.58. The molecule has 0 aliphatic rings. The van der Waals surface area contributed by atoms with Crippen LogP contribution in [0.1, 0.15) is 30.6 Å². The van der Waals surface area contributed by atoms with Crippen molar-refractivity contribution in [2.24, 2.45) is 5.73 Å². The first-order valence-electron chi connectivity index (χ1n) is 6.89. The predicted molar refractivity (Wildman–Crippen MR) is 79.8 cm³/mol. The van der Waals surface area contributed by atoms with Crippen LogP contribution in [0.3, 0.4) is 0 Å². The summed E-state index contributed by atoms with van der Waals surface area (Å²) in [7, 11) is 0. The lowest BCUT2D eigenvalue weighted by molar-refractivity contribution is -0.156. The fraction of sp³-hybridized carbons (Fsp3) is 0.333. The molecule has 0 saturated heterocycles. The maximum atomic E-state index is 11.5. The van der Waals surface area contributed by atoms with Crippen LogP contribution >= 0.6 is 0 Å². The van der Waals surface area contributed by atoms with Crippen molar-refractivity contribution >= 4 is 23.7 Å². The van der Waals surface area contributed by atoms with Crippen LogP contribution in [-0.2, 0) is 14.3 Å². The van der Waals surface area contributed by atoms with Crippen LogP contribution in [0.25, 0.3) is 0 Å². The number of ether oxygens (including phenoxy) is 2. The SMILES string of the molecule is CCC(=O)c1ccc(OCC(=O)O[C@@H](C)C(=O)NC(N)=O)cc1. The number of hydrogen-bond acceptors (Lipinski definition) is 6. The molecule has 0 spiro atoms. The minimum absolute atomic E-state index is 0.00486. The molecule has 124 valence electrons. The van der Waals surface area contributed by atoms with Crippen molar-refractivity contribution in [3.8, 4) is 5.75 Å². The van der Waals surface area contributed by atoms with Crippen molar-refractivity contribution in [1.29, 1.82) is 0 Å². The number of nitrogens with two attached hydrogens (primary N) is 1. The van der Waals surface area contributed by atoms with E-state index in [9.17, 15) is 19.2 Å². The second-order valence-corrected chi connectivity index (χ2v) is 4.58. The topological polar surface area (TPSA) is 125 Å². The number of urea groups is 1.